The number of carbonyl (C=O) groups is 1. The monoisotopic (exact) mass is 439 g/mol. The van der Waals surface area contributed by atoms with Crippen molar-refractivity contribution in [2.24, 2.45) is 0 Å². The zero-order valence-electron chi connectivity index (χ0n) is 17.0. The summed E-state index contributed by atoms with van der Waals surface area (Å²) in [7, 11) is 0. The van der Waals surface area contributed by atoms with Gasteiger partial charge >= 0.3 is 0 Å². The number of nitrogens with one attached hydrogen (secondary N) is 1. The van der Waals surface area contributed by atoms with Gasteiger partial charge in [0, 0.05) is 47.8 Å². The Balaban J connectivity index is 1.26. The second kappa shape index (κ2) is 10.00. The van der Waals surface area contributed by atoms with Crippen LogP contribution in [0.2, 0.25) is 0 Å². The van der Waals surface area contributed by atoms with E-state index in [1.807, 2.05) is 36.2 Å². The number of benzene rings is 2. The van der Waals surface area contributed by atoms with Gasteiger partial charge in [-0.2, -0.15) is 11.8 Å². The van der Waals surface area contributed by atoms with Gasteiger partial charge in [-0.3, -0.25) is 4.79 Å². The second-order valence-electron chi connectivity index (χ2n) is 7.12. The van der Waals surface area contributed by atoms with E-state index < -0.39 is 0 Å². The first-order valence-corrected chi connectivity index (χ1v) is 12.0. The van der Waals surface area contributed by atoms with Crippen LogP contribution >= 0.6 is 23.1 Å². The number of aromatic nitrogens is 1. The normalized spacial score (nSPS) is 13.8. The van der Waals surface area contributed by atoms with Crippen molar-refractivity contribution in [1.82, 2.24) is 10.3 Å². The molecule has 1 amide bonds. The van der Waals surface area contributed by atoms with Crippen LogP contribution in [0.1, 0.15) is 26.6 Å². The lowest BCUT2D eigenvalue weighted by atomic mass is 10.1. The quantitative estimate of drug-likeness (QED) is 0.587. The van der Waals surface area contributed by atoms with Crippen LogP contribution in [0, 0.1) is 6.92 Å². The zero-order valence-corrected chi connectivity index (χ0v) is 18.6. The fraction of sp³-hybridized carbons (Fsp3) is 0.304. The van der Waals surface area contributed by atoms with Gasteiger partial charge in [0.1, 0.15) is 12.4 Å². The fourth-order valence-electron chi connectivity index (χ4n) is 3.26. The minimum atomic E-state index is -0.0891. The summed E-state index contributed by atoms with van der Waals surface area (Å²) in [5.41, 5.74) is 3.89. The molecule has 156 valence electrons. The maximum absolute atomic E-state index is 12.5. The van der Waals surface area contributed by atoms with E-state index in [1.165, 1.54) is 17.2 Å². The lowest BCUT2D eigenvalue weighted by Crippen LogP contribution is -2.32. The van der Waals surface area contributed by atoms with Gasteiger partial charge in [-0.1, -0.05) is 12.1 Å². The number of amides is 1. The summed E-state index contributed by atoms with van der Waals surface area (Å²) in [5, 5.41) is 6.01. The second-order valence-corrected chi connectivity index (χ2v) is 9.41. The number of thiazole rings is 1. The molecule has 2 aromatic carbocycles. The Morgan fingerprint density at radius 2 is 1.83 bits per heavy atom. The zero-order chi connectivity index (χ0) is 20.8. The Bertz CT molecular complexity index is 965. The van der Waals surface area contributed by atoms with Crippen LogP contribution in [0.4, 0.5) is 5.69 Å². The van der Waals surface area contributed by atoms with Crippen LogP contribution in [0.5, 0.6) is 5.75 Å². The van der Waals surface area contributed by atoms with Crippen molar-refractivity contribution in [3.05, 3.63) is 75.7 Å². The van der Waals surface area contributed by atoms with Crippen LogP contribution in [-0.2, 0) is 13.2 Å². The third kappa shape index (κ3) is 5.55. The first kappa shape index (κ1) is 20.8. The van der Waals surface area contributed by atoms with Gasteiger partial charge in [0.15, 0.2) is 0 Å². The van der Waals surface area contributed by atoms with Crippen molar-refractivity contribution < 1.29 is 9.53 Å². The molecule has 0 radical (unpaired) electrons. The van der Waals surface area contributed by atoms with Crippen LogP contribution < -0.4 is 15.0 Å². The number of carbonyl (C=O) groups excluding carboxylic acids is 1. The molecule has 0 unspecified atom stereocenters. The maximum atomic E-state index is 12.5. The summed E-state index contributed by atoms with van der Waals surface area (Å²) in [4.78, 5) is 19.3. The lowest BCUT2D eigenvalue weighted by molar-refractivity contribution is 0.0951. The third-order valence-corrected chi connectivity index (χ3v) is 6.70. The van der Waals surface area contributed by atoms with Gasteiger partial charge in [0.25, 0.3) is 5.91 Å². The average molecular weight is 440 g/mol. The number of anilines is 1. The lowest BCUT2D eigenvalue weighted by Gasteiger charge is -2.28. The van der Waals surface area contributed by atoms with E-state index in [0.717, 1.165) is 35.1 Å². The Morgan fingerprint density at radius 3 is 2.50 bits per heavy atom. The van der Waals surface area contributed by atoms with Crippen molar-refractivity contribution in [1.29, 1.82) is 0 Å². The summed E-state index contributed by atoms with van der Waals surface area (Å²) >= 11 is 3.62. The van der Waals surface area contributed by atoms with E-state index in [0.29, 0.717) is 18.7 Å². The Kier molecular flexibility index (Phi) is 6.92. The molecule has 0 atom stereocenters. The van der Waals surface area contributed by atoms with Crippen molar-refractivity contribution in [3.8, 4) is 5.75 Å². The van der Waals surface area contributed by atoms with E-state index in [-0.39, 0.29) is 5.91 Å². The van der Waals surface area contributed by atoms with E-state index in [4.69, 9.17) is 4.74 Å². The molecule has 7 heteroatoms. The van der Waals surface area contributed by atoms with Crippen LogP contribution in [0.25, 0.3) is 0 Å². The summed E-state index contributed by atoms with van der Waals surface area (Å²) in [6.45, 7) is 5.12. The molecule has 4 rings (SSSR count). The molecule has 5 nitrogen and oxygen atoms in total. The average Bonchev–Trinajstić information content (AvgIpc) is 3.22. The molecule has 1 aliphatic rings. The molecule has 1 aliphatic heterocycles. The molecule has 1 aromatic heterocycles. The Hall–Kier alpha value is -2.51. The van der Waals surface area contributed by atoms with Gasteiger partial charge in [-0.25, -0.2) is 4.98 Å². The topological polar surface area (TPSA) is 54.5 Å². The van der Waals surface area contributed by atoms with Gasteiger partial charge in [0.2, 0.25) is 0 Å². The molecule has 0 saturated carbocycles. The molecule has 0 spiro atoms. The number of nitrogens with zero attached hydrogens (tertiary/aromatic N) is 2. The molecule has 30 heavy (non-hydrogen) atoms. The molecule has 1 saturated heterocycles. The van der Waals surface area contributed by atoms with Gasteiger partial charge in [-0.05, 0) is 48.9 Å². The number of hydrogen-bond donors (Lipinski definition) is 1. The first-order valence-electron chi connectivity index (χ1n) is 10.0. The predicted molar refractivity (Wildman–Crippen MR) is 125 cm³/mol. The highest BCUT2D eigenvalue weighted by atomic mass is 32.2. The Labute approximate surface area is 185 Å². The summed E-state index contributed by atoms with van der Waals surface area (Å²) in [5.74, 6) is 3.01. The van der Waals surface area contributed by atoms with Crippen LogP contribution in [0.3, 0.4) is 0 Å². The minimum Gasteiger partial charge on any atom is -0.487 e. The third-order valence-electron chi connectivity index (χ3n) is 4.94. The molecule has 1 fully saturated rings. The summed E-state index contributed by atoms with van der Waals surface area (Å²) < 4.78 is 5.74. The molecular formula is C23H25N3O2S2. The molecule has 1 N–H and O–H groups in total. The summed E-state index contributed by atoms with van der Waals surface area (Å²) in [6.07, 6.45) is 0. The number of rotatable bonds is 7. The number of aryl methyl sites for hydroxylation is 1. The highest BCUT2D eigenvalue weighted by molar-refractivity contribution is 7.99. The van der Waals surface area contributed by atoms with Gasteiger partial charge in [0.05, 0.1) is 10.7 Å². The number of thioether (sulfide) groups is 1. The van der Waals surface area contributed by atoms with E-state index >= 15 is 0 Å². The fourth-order valence-corrected chi connectivity index (χ4v) is 4.77. The van der Waals surface area contributed by atoms with Crippen molar-refractivity contribution >= 4 is 34.7 Å². The standard InChI is InChI=1S/C23H25N3O2S2/c1-17-25-20(16-30-17)15-28-22-8-4-19(5-9-22)23(27)24-14-18-2-6-21(7-3-18)26-10-12-29-13-11-26/h2-9,16H,10-15H2,1H3,(H,24,27). The predicted octanol–water partition coefficient (Wildman–Crippen LogP) is 4.51. The molecule has 0 bridgehead atoms. The van der Waals surface area contributed by atoms with Crippen LogP contribution in [0.15, 0.2) is 53.9 Å². The van der Waals surface area contributed by atoms with E-state index in [1.54, 1.807) is 23.5 Å². The molecule has 3 aromatic rings. The minimum absolute atomic E-state index is 0.0891. The maximum Gasteiger partial charge on any atom is 0.251 e. The van der Waals surface area contributed by atoms with Crippen LogP contribution in [-0.4, -0.2) is 35.5 Å². The molecule has 2 heterocycles. The van der Waals surface area contributed by atoms with Crippen molar-refractivity contribution in [2.45, 2.75) is 20.1 Å². The van der Waals surface area contributed by atoms with Crippen molar-refractivity contribution in [2.75, 3.05) is 29.5 Å². The Morgan fingerprint density at radius 1 is 1.10 bits per heavy atom. The van der Waals surface area contributed by atoms with Gasteiger partial charge in [-0.15, -0.1) is 11.3 Å². The highest BCUT2D eigenvalue weighted by Gasteiger charge is 2.11. The molecular weight excluding hydrogens is 414 g/mol. The SMILES string of the molecule is Cc1nc(COc2ccc(C(=O)NCc3ccc(N4CCSCC4)cc3)cc2)cs1. The number of ether oxygens (including phenoxy) is 1. The van der Waals surface area contributed by atoms with E-state index in [2.05, 4.69) is 39.5 Å². The first-order chi connectivity index (χ1) is 14.7. The molecule has 0 aliphatic carbocycles. The van der Waals surface area contributed by atoms with E-state index in [9.17, 15) is 4.79 Å². The highest BCUT2D eigenvalue weighted by Crippen LogP contribution is 2.20. The smallest absolute Gasteiger partial charge is 0.251 e. The largest absolute Gasteiger partial charge is 0.487 e. The van der Waals surface area contributed by atoms with Crippen molar-refractivity contribution in [3.63, 3.8) is 0 Å². The van der Waals surface area contributed by atoms with Gasteiger partial charge < -0.3 is 15.0 Å². The number of hydrogen-bond acceptors (Lipinski definition) is 6. The summed E-state index contributed by atoms with van der Waals surface area (Å²) in [6, 6.07) is 15.7.